The number of hydrogen-bond donors (Lipinski definition) is 1. The number of nitrogens with one attached hydrogen (secondary N) is 1. The van der Waals surface area contributed by atoms with E-state index in [0.717, 1.165) is 44.9 Å². The van der Waals surface area contributed by atoms with E-state index in [1.54, 1.807) is 0 Å². The van der Waals surface area contributed by atoms with Crippen LogP contribution in [0.4, 0.5) is 0 Å². The Morgan fingerprint density at radius 2 is 1.81 bits per heavy atom. The Balaban J connectivity index is 1.45. The molecule has 0 aromatic carbocycles. The maximum Gasteiger partial charge on any atom is 0.302 e. The maximum atomic E-state index is 13.5. The highest BCUT2D eigenvalue weighted by molar-refractivity contribution is 5.92. The van der Waals surface area contributed by atoms with Crippen LogP contribution in [-0.4, -0.2) is 36.1 Å². The lowest BCUT2D eigenvalue weighted by atomic mass is 9.47. The first-order chi connectivity index (χ1) is 17.4. The van der Waals surface area contributed by atoms with Gasteiger partial charge >= 0.3 is 5.97 Å². The van der Waals surface area contributed by atoms with Crippen LogP contribution in [0.1, 0.15) is 99.3 Å². The number of hydrogen-bond acceptors (Lipinski definition) is 5. The summed E-state index contributed by atoms with van der Waals surface area (Å²) in [5, 5.41) is 2.83. The Hall–Kier alpha value is -1.98. The van der Waals surface area contributed by atoms with Crippen LogP contribution in [-0.2, 0) is 23.9 Å². The highest BCUT2D eigenvalue weighted by Crippen LogP contribution is 2.66. The van der Waals surface area contributed by atoms with Crippen LogP contribution in [0.15, 0.2) is 11.6 Å². The van der Waals surface area contributed by atoms with Crippen LogP contribution in [0.2, 0.25) is 0 Å². The van der Waals surface area contributed by atoms with Crippen molar-refractivity contribution in [3.63, 3.8) is 0 Å². The minimum Gasteiger partial charge on any atom is -0.462 e. The summed E-state index contributed by atoms with van der Waals surface area (Å²) in [7, 11) is 0. The van der Waals surface area contributed by atoms with E-state index in [2.05, 4.69) is 32.2 Å². The standard InChI is InChI=1S/C31H47NO5/c1-18(17-32-20(3)33)7-10-27(35)19(2)29-28(36)16-26-24-9-8-22-15-23(37-21(4)34)11-13-30(22,5)25(24)12-14-31(26,29)6/h8,18-19,23-26,29H,7,9-17H2,1-6H3,(H,32,33)/t18-,19-,23+,24-,25-,26+,29+,30+,31+/m1/s1. The van der Waals surface area contributed by atoms with Crippen molar-refractivity contribution < 1.29 is 23.9 Å². The Labute approximate surface area is 222 Å². The van der Waals surface area contributed by atoms with Gasteiger partial charge in [0.15, 0.2) is 0 Å². The highest BCUT2D eigenvalue weighted by Gasteiger charge is 2.62. The molecule has 0 bridgehead atoms. The Morgan fingerprint density at radius 3 is 2.49 bits per heavy atom. The zero-order valence-electron chi connectivity index (χ0n) is 23.7. The first-order valence-electron chi connectivity index (χ1n) is 14.5. The molecule has 0 saturated heterocycles. The van der Waals surface area contributed by atoms with E-state index in [-0.39, 0.29) is 52.3 Å². The quantitative estimate of drug-likeness (QED) is 0.345. The molecule has 0 radical (unpaired) electrons. The maximum absolute atomic E-state index is 13.5. The predicted molar refractivity (Wildman–Crippen MR) is 142 cm³/mol. The number of esters is 1. The third-order valence-electron chi connectivity index (χ3n) is 10.9. The number of fused-ring (bicyclic) bond motifs is 5. The Morgan fingerprint density at radius 1 is 1.08 bits per heavy atom. The molecular formula is C31H47NO5. The van der Waals surface area contributed by atoms with Crippen LogP contribution in [0.3, 0.4) is 0 Å². The van der Waals surface area contributed by atoms with E-state index in [1.807, 2.05) is 6.92 Å². The summed E-state index contributed by atoms with van der Waals surface area (Å²) in [6.45, 7) is 12.3. The molecule has 3 saturated carbocycles. The number of carbonyl (C=O) groups is 4. The molecule has 0 aromatic heterocycles. The van der Waals surface area contributed by atoms with E-state index in [4.69, 9.17) is 4.74 Å². The normalized spacial score (nSPS) is 38.4. The van der Waals surface area contributed by atoms with E-state index in [9.17, 15) is 19.2 Å². The minimum absolute atomic E-state index is 0.00695. The number of carbonyl (C=O) groups excluding carboxylic acids is 4. The Bertz CT molecular complexity index is 971. The van der Waals surface area contributed by atoms with Crippen molar-refractivity contribution in [1.29, 1.82) is 0 Å². The van der Waals surface area contributed by atoms with Gasteiger partial charge in [-0.1, -0.05) is 39.3 Å². The third-order valence-corrected chi connectivity index (χ3v) is 10.9. The average molecular weight is 514 g/mol. The van der Waals surface area contributed by atoms with Gasteiger partial charge in [0.25, 0.3) is 0 Å². The van der Waals surface area contributed by atoms with Gasteiger partial charge in [-0.25, -0.2) is 0 Å². The van der Waals surface area contributed by atoms with E-state index in [0.29, 0.717) is 42.9 Å². The van der Waals surface area contributed by atoms with Gasteiger partial charge in [0.1, 0.15) is 17.7 Å². The minimum atomic E-state index is -0.253. The molecule has 0 aromatic rings. The molecule has 3 fully saturated rings. The molecular weight excluding hydrogens is 466 g/mol. The number of Topliss-reactive ketones (excluding diaryl/α,β-unsaturated/α-hetero) is 2. The summed E-state index contributed by atoms with van der Waals surface area (Å²) < 4.78 is 5.57. The molecule has 9 atom stereocenters. The second kappa shape index (κ2) is 10.6. The number of rotatable bonds is 8. The number of amides is 1. The number of ketones is 2. The fraction of sp³-hybridized carbons (Fsp3) is 0.806. The molecule has 1 N–H and O–H groups in total. The summed E-state index contributed by atoms with van der Waals surface area (Å²) in [6.07, 6.45) is 10.1. The second-order valence-electron chi connectivity index (χ2n) is 13.3. The van der Waals surface area contributed by atoms with E-state index < -0.39 is 0 Å². The molecule has 6 nitrogen and oxygen atoms in total. The van der Waals surface area contributed by atoms with Gasteiger partial charge < -0.3 is 10.1 Å². The van der Waals surface area contributed by atoms with Crippen molar-refractivity contribution >= 4 is 23.4 Å². The van der Waals surface area contributed by atoms with Gasteiger partial charge in [-0.2, -0.15) is 0 Å². The first kappa shape index (κ1) is 28.0. The van der Waals surface area contributed by atoms with Gasteiger partial charge in [-0.3, -0.25) is 19.2 Å². The monoisotopic (exact) mass is 513 g/mol. The van der Waals surface area contributed by atoms with Crippen LogP contribution in [0.25, 0.3) is 0 Å². The van der Waals surface area contributed by atoms with Crippen LogP contribution < -0.4 is 5.32 Å². The molecule has 4 rings (SSSR count). The van der Waals surface area contributed by atoms with Gasteiger partial charge in [-0.05, 0) is 73.0 Å². The van der Waals surface area contributed by atoms with Crippen LogP contribution >= 0.6 is 0 Å². The fourth-order valence-electron chi connectivity index (χ4n) is 8.86. The van der Waals surface area contributed by atoms with Gasteiger partial charge in [0.05, 0.1) is 0 Å². The van der Waals surface area contributed by atoms with Crippen LogP contribution in [0, 0.1) is 46.3 Å². The predicted octanol–water partition coefficient (Wildman–Crippen LogP) is 5.43. The van der Waals surface area contributed by atoms with Crippen LogP contribution in [0.5, 0.6) is 0 Å². The smallest absolute Gasteiger partial charge is 0.302 e. The largest absolute Gasteiger partial charge is 0.462 e. The molecule has 4 aliphatic carbocycles. The summed E-state index contributed by atoms with van der Waals surface area (Å²) in [5.41, 5.74) is 1.45. The fourth-order valence-corrected chi connectivity index (χ4v) is 8.86. The summed E-state index contributed by atoms with van der Waals surface area (Å²) in [5.74, 6) is 1.40. The molecule has 206 valence electrons. The lowest BCUT2D eigenvalue weighted by Crippen LogP contribution is -2.51. The lowest BCUT2D eigenvalue weighted by Gasteiger charge is -2.58. The molecule has 0 aliphatic heterocycles. The number of ether oxygens (including phenoxy) is 1. The zero-order valence-corrected chi connectivity index (χ0v) is 23.7. The van der Waals surface area contributed by atoms with Crippen molar-refractivity contribution in [2.75, 3.05) is 6.54 Å². The molecule has 1 amide bonds. The average Bonchev–Trinajstić information content (AvgIpc) is 3.10. The van der Waals surface area contributed by atoms with Gasteiger partial charge in [0.2, 0.25) is 5.91 Å². The van der Waals surface area contributed by atoms with Crippen molar-refractivity contribution in [2.24, 2.45) is 46.3 Å². The molecule has 0 spiro atoms. The van der Waals surface area contributed by atoms with Crippen molar-refractivity contribution in [1.82, 2.24) is 5.32 Å². The van der Waals surface area contributed by atoms with E-state index >= 15 is 0 Å². The van der Waals surface area contributed by atoms with Crippen molar-refractivity contribution in [3.05, 3.63) is 11.6 Å². The van der Waals surface area contributed by atoms with Crippen molar-refractivity contribution in [3.8, 4) is 0 Å². The molecule has 4 aliphatic rings. The lowest BCUT2D eigenvalue weighted by molar-refractivity contribution is -0.148. The SMILES string of the molecule is CC(=O)NC[C@H](C)CCC(=O)[C@@H](C)[C@H]1C(=O)C[C@H]2[C@@H]3CC=C4C[C@@H](OC(C)=O)CC[C@]4(C)[C@@H]3CC[C@]12C. The molecule has 0 unspecified atom stereocenters. The topological polar surface area (TPSA) is 89.5 Å². The van der Waals surface area contributed by atoms with Gasteiger partial charge in [-0.15, -0.1) is 0 Å². The summed E-state index contributed by atoms with van der Waals surface area (Å²) >= 11 is 0. The second-order valence-corrected chi connectivity index (χ2v) is 13.3. The van der Waals surface area contributed by atoms with E-state index in [1.165, 1.54) is 19.4 Å². The summed E-state index contributed by atoms with van der Waals surface area (Å²) in [4.78, 5) is 49.5. The third kappa shape index (κ3) is 5.31. The summed E-state index contributed by atoms with van der Waals surface area (Å²) in [6, 6.07) is 0. The molecule has 37 heavy (non-hydrogen) atoms. The Kier molecular flexibility index (Phi) is 8.07. The van der Waals surface area contributed by atoms with Gasteiger partial charge in [0, 0.05) is 51.5 Å². The molecule has 0 heterocycles. The highest BCUT2D eigenvalue weighted by atomic mass is 16.5. The zero-order chi connectivity index (χ0) is 27.1. The van der Waals surface area contributed by atoms with Crippen molar-refractivity contribution in [2.45, 2.75) is 105 Å². The molecule has 6 heteroatoms. The first-order valence-corrected chi connectivity index (χ1v) is 14.5. The number of allylic oxidation sites excluding steroid dienone is 1.